The van der Waals surface area contributed by atoms with E-state index in [4.69, 9.17) is 9.47 Å². The Bertz CT molecular complexity index is 817. The number of rotatable bonds is 6. The lowest BCUT2D eigenvalue weighted by atomic mass is 10.1. The average Bonchev–Trinajstić information content (AvgIpc) is 2.58. The van der Waals surface area contributed by atoms with E-state index in [2.05, 4.69) is 15.9 Å². The van der Waals surface area contributed by atoms with Crippen LogP contribution in [-0.2, 0) is 0 Å². The van der Waals surface area contributed by atoms with Crippen molar-refractivity contribution in [2.24, 2.45) is 0 Å². The number of nitrogens with zero attached hydrogens (tertiary/aromatic N) is 1. The second-order valence-electron chi connectivity index (χ2n) is 4.73. The Morgan fingerprint density at radius 1 is 1.17 bits per heavy atom. The third kappa shape index (κ3) is 3.99. The fourth-order valence-electron chi connectivity index (χ4n) is 2.08. The van der Waals surface area contributed by atoms with Crippen LogP contribution in [0.25, 0.3) is 6.08 Å². The molecule has 0 aliphatic carbocycles. The number of hydrogen-bond donors (Lipinski definition) is 0. The molecule has 0 N–H and O–H groups in total. The highest BCUT2D eigenvalue weighted by Crippen LogP contribution is 2.35. The third-order valence-corrected chi connectivity index (χ3v) is 3.75. The summed E-state index contributed by atoms with van der Waals surface area (Å²) < 4.78 is 11.0. The van der Waals surface area contributed by atoms with Gasteiger partial charge in [0.25, 0.3) is 5.69 Å². The predicted octanol–water partition coefficient (Wildman–Crippen LogP) is 4.27. The summed E-state index contributed by atoms with van der Waals surface area (Å²) in [5.41, 5.74) is 0.552. The number of nitro benzene ring substituents is 1. The van der Waals surface area contributed by atoms with E-state index in [-0.39, 0.29) is 22.8 Å². The Morgan fingerprint density at radius 3 is 2.42 bits per heavy atom. The van der Waals surface area contributed by atoms with Crippen LogP contribution in [0.15, 0.2) is 46.9 Å². The summed E-state index contributed by atoms with van der Waals surface area (Å²) in [6.45, 7) is 0. The molecule has 0 atom stereocenters. The molecule has 0 fully saturated rings. The average molecular weight is 392 g/mol. The van der Waals surface area contributed by atoms with E-state index < -0.39 is 4.92 Å². The van der Waals surface area contributed by atoms with E-state index in [1.165, 1.54) is 38.5 Å². The first kappa shape index (κ1) is 17.7. The van der Waals surface area contributed by atoms with Gasteiger partial charge in [0, 0.05) is 10.0 Å². The van der Waals surface area contributed by atoms with Crippen LogP contribution in [0.1, 0.15) is 15.9 Å². The SMILES string of the molecule is COc1cc(/C=C/C(=O)c2cccc(Br)c2)c([N+](=O)[O-])cc1OC. The predicted molar refractivity (Wildman–Crippen MR) is 93.7 cm³/mol. The lowest BCUT2D eigenvalue weighted by Crippen LogP contribution is -1.98. The van der Waals surface area contributed by atoms with Gasteiger partial charge in [-0.25, -0.2) is 0 Å². The highest BCUT2D eigenvalue weighted by Gasteiger charge is 2.18. The fraction of sp³-hybridized carbons (Fsp3) is 0.118. The van der Waals surface area contributed by atoms with E-state index in [1.54, 1.807) is 24.3 Å². The first-order valence-electron chi connectivity index (χ1n) is 6.84. The minimum absolute atomic E-state index is 0.175. The molecule has 7 heteroatoms. The Hall–Kier alpha value is -2.67. The summed E-state index contributed by atoms with van der Waals surface area (Å²) in [5, 5.41) is 11.2. The number of hydrogen-bond acceptors (Lipinski definition) is 5. The van der Waals surface area contributed by atoms with Crippen LogP contribution >= 0.6 is 15.9 Å². The van der Waals surface area contributed by atoms with E-state index >= 15 is 0 Å². The molecule has 0 saturated heterocycles. The zero-order valence-corrected chi connectivity index (χ0v) is 14.6. The molecule has 2 aromatic carbocycles. The largest absolute Gasteiger partial charge is 0.493 e. The minimum Gasteiger partial charge on any atom is -0.493 e. The van der Waals surface area contributed by atoms with Crippen molar-refractivity contribution in [3.63, 3.8) is 0 Å². The van der Waals surface area contributed by atoms with Gasteiger partial charge in [0.2, 0.25) is 0 Å². The number of ketones is 1. The summed E-state index contributed by atoms with van der Waals surface area (Å²) in [6, 6.07) is 9.61. The Kier molecular flexibility index (Phi) is 5.70. The van der Waals surface area contributed by atoms with Gasteiger partial charge in [-0.05, 0) is 30.4 Å². The van der Waals surface area contributed by atoms with Gasteiger partial charge in [-0.2, -0.15) is 0 Å². The molecule has 2 rings (SSSR count). The van der Waals surface area contributed by atoms with Crippen LogP contribution in [-0.4, -0.2) is 24.9 Å². The normalized spacial score (nSPS) is 10.6. The summed E-state index contributed by atoms with van der Waals surface area (Å²) in [5.74, 6) is 0.331. The van der Waals surface area contributed by atoms with Gasteiger partial charge in [-0.15, -0.1) is 0 Å². The zero-order valence-electron chi connectivity index (χ0n) is 13.0. The van der Waals surface area contributed by atoms with Crippen molar-refractivity contribution in [2.45, 2.75) is 0 Å². The van der Waals surface area contributed by atoms with Gasteiger partial charge in [0.1, 0.15) is 0 Å². The van der Waals surface area contributed by atoms with Crippen LogP contribution in [0, 0.1) is 10.1 Å². The Labute approximate surface area is 147 Å². The van der Waals surface area contributed by atoms with E-state index in [9.17, 15) is 14.9 Å². The summed E-state index contributed by atoms with van der Waals surface area (Å²) >= 11 is 3.30. The van der Waals surface area contributed by atoms with E-state index in [1.807, 2.05) is 0 Å². The lowest BCUT2D eigenvalue weighted by Gasteiger charge is -2.08. The molecule has 0 unspecified atom stereocenters. The molecule has 0 heterocycles. The Morgan fingerprint density at radius 2 is 1.83 bits per heavy atom. The molecule has 0 amide bonds. The van der Waals surface area contributed by atoms with Crippen molar-refractivity contribution in [1.82, 2.24) is 0 Å². The van der Waals surface area contributed by atoms with Crippen LogP contribution in [0.4, 0.5) is 5.69 Å². The molecule has 0 saturated carbocycles. The topological polar surface area (TPSA) is 78.7 Å². The maximum absolute atomic E-state index is 12.2. The molecule has 6 nitrogen and oxygen atoms in total. The van der Waals surface area contributed by atoms with Gasteiger partial charge < -0.3 is 9.47 Å². The number of methoxy groups -OCH3 is 2. The first-order valence-corrected chi connectivity index (χ1v) is 7.64. The summed E-state index contributed by atoms with van der Waals surface area (Å²) in [4.78, 5) is 22.9. The van der Waals surface area contributed by atoms with Gasteiger partial charge in [-0.1, -0.05) is 28.1 Å². The van der Waals surface area contributed by atoms with Crippen LogP contribution in [0.5, 0.6) is 11.5 Å². The van der Waals surface area contributed by atoms with Crippen LogP contribution < -0.4 is 9.47 Å². The van der Waals surface area contributed by atoms with Crippen molar-refractivity contribution in [3.05, 3.63) is 68.2 Å². The second kappa shape index (κ2) is 7.74. The summed E-state index contributed by atoms with van der Waals surface area (Å²) in [6.07, 6.45) is 2.68. The maximum atomic E-state index is 12.2. The fourth-order valence-corrected chi connectivity index (χ4v) is 2.48. The highest BCUT2D eigenvalue weighted by atomic mass is 79.9. The van der Waals surface area contributed by atoms with Gasteiger partial charge in [0.15, 0.2) is 17.3 Å². The zero-order chi connectivity index (χ0) is 17.7. The molecule has 0 aromatic heterocycles. The molecule has 2 aromatic rings. The van der Waals surface area contributed by atoms with Gasteiger partial charge in [0.05, 0.1) is 30.8 Å². The molecule has 124 valence electrons. The molecule has 0 aliphatic heterocycles. The third-order valence-electron chi connectivity index (χ3n) is 3.25. The van der Waals surface area contributed by atoms with Crippen molar-refractivity contribution in [1.29, 1.82) is 0 Å². The number of carbonyl (C=O) groups excluding carboxylic acids is 1. The molecule has 0 aliphatic rings. The van der Waals surface area contributed by atoms with Crippen molar-refractivity contribution < 1.29 is 19.2 Å². The van der Waals surface area contributed by atoms with Crippen LogP contribution in [0.3, 0.4) is 0 Å². The van der Waals surface area contributed by atoms with Crippen LogP contribution in [0.2, 0.25) is 0 Å². The number of nitro groups is 1. The smallest absolute Gasteiger partial charge is 0.280 e. The molecule has 0 bridgehead atoms. The quantitative estimate of drug-likeness (QED) is 0.318. The molecule has 0 radical (unpaired) electrons. The summed E-state index contributed by atoms with van der Waals surface area (Å²) in [7, 11) is 2.83. The molecule has 24 heavy (non-hydrogen) atoms. The van der Waals surface area contributed by atoms with Crippen molar-refractivity contribution in [2.75, 3.05) is 14.2 Å². The second-order valence-corrected chi connectivity index (χ2v) is 5.65. The maximum Gasteiger partial charge on any atom is 0.280 e. The highest BCUT2D eigenvalue weighted by molar-refractivity contribution is 9.10. The lowest BCUT2D eigenvalue weighted by molar-refractivity contribution is -0.385. The van der Waals surface area contributed by atoms with Crippen molar-refractivity contribution >= 4 is 33.5 Å². The molecule has 0 spiro atoms. The molecular formula is C17H14BrNO5. The monoisotopic (exact) mass is 391 g/mol. The number of benzene rings is 2. The Balaban J connectivity index is 2.40. The van der Waals surface area contributed by atoms with E-state index in [0.29, 0.717) is 11.3 Å². The number of ether oxygens (including phenoxy) is 2. The number of halogens is 1. The van der Waals surface area contributed by atoms with Crippen molar-refractivity contribution in [3.8, 4) is 11.5 Å². The number of carbonyl (C=O) groups is 1. The van der Waals surface area contributed by atoms with E-state index in [0.717, 1.165) is 4.47 Å². The first-order chi connectivity index (χ1) is 11.5. The standard InChI is InChI=1S/C17H14BrNO5/c1-23-16-9-11(14(19(21)22)10-17(16)24-2)6-7-15(20)12-4-3-5-13(18)8-12/h3-10H,1-2H3/b7-6+. The number of allylic oxidation sites excluding steroid dienone is 1. The minimum atomic E-state index is -0.536. The van der Waals surface area contributed by atoms with Gasteiger partial charge >= 0.3 is 0 Å². The van der Waals surface area contributed by atoms with Gasteiger partial charge in [-0.3, -0.25) is 14.9 Å². The molecular weight excluding hydrogens is 378 g/mol.